The highest BCUT2D eigenvalue weighted by Gasteiger charge is 2.05. The van der Waals surface area contributed by atoms with Crippen molar-refractivity contribution in [3.8, 4) is 0 Å². The first-order chi connectivity index (χ1) is 9.79. The molecule has 2 aromatic rings. The zero-order valence-corrected chi connectivity index (χ0v) is 11.3. The van der Waals surface area contributed by atoms with E-state index in [1.165, 1.54) is 5.56 Å². The quantitative estimate of drug-likeness (QED) is 0.841. The molecule has 106 valence electrons. The molecule has 0 aliphatic carbocycles. The number of benzene rings is 1. The van der Waals surface area contributed by atoms with Gasteiger partial charge < -0.3 is 9.88 Å². The van der Waals surface area contributed by atoms with Crippen molar-refractivity contribution in [3.63, 3.8) is 0 Å². The Morgan fingerprint density at radius 3 is 2.85 bits per heavy atom. The maximum absolute atomic E-state index is 12.0. The third-order valence-corrected chi connectivity index (χ3v) is 3.05. The lowest BCUT2D eigenvalue weighted by Crippen LogP contribution is -2.25. The standard InChI is InChI=1S/C15H18FN3O/c16-8-6-15(20)18-12-14-17-9-11-19(14)10-7-13-4-2-1-3-5-13/h1-5,9,11H,6-8,10,12H2,(H,18,20). The lowest BCUT2D eigenvalue weighted by Gasteiger charge is -2.09. The molecule has 1 heterocycles. The van der Waals surface area contributed by atoms with Gasteiger partial charge in [-0.15, -0.1) is 0 Å². The van der Waals surface area contributed by atoms with E-state index in [4.69, 9.17) is 0 Å². The van der Waals surface area contributed by atoms with Crippen molar-refractivity contribution in [1.29, 1.82) is 0 Å². The highest BCUT2D eigenvalue weighted by Crippen LogP contribution is 2.04. The highest BCUT2D eigenvalue weighted by atomic mass is 19.1. The molecule has 4 nitrogen and oxygen atoms in total. The van der Waals surface area contributed by atoms with Crippen LogP contribution in [0.2, 0.25) is 0 Å². The Balaban J connectivity index is 1.87. The van der Waals surface area contributed by atoms with Crippen LogP contribution in [0.3, 0.4) is 0 Å². The van der Waals surface area contributed by atoms with Crippen molar-refractivity contribution >= 4 is 5.91 Å². The highest BCUT2D eigenvalue weighted by molar-refractivity contribution is 5.75. The number of nitrogens with zero attached hydrogens (tertiary/aromatic N) is 2. The zero-order valence-electron chi connectivity index (χ0n) is 11.3. The number of nitrogens with one attached hydrogen (secondary N) is 1. The molecule has 0 aliphatic rings. The second kappa shape index (κ2) is 7.43. The molecule has 0 radical (unpaired) electrons. The molecule has 5 heteroatoms. The van der Waals surface area contributed by atoms with E-state index in [0.29, 0.717) is 6.54 Å². The molecule has 0 spiro atoms. The maximum Gasteiger partial charge on any atom is 0.223 e. The summed E-state index contributed by atoms with van der Waals surface area (Å²) in [7, 11) is 0. The van der Waals surface area contributed by atoms with Crippen LogP contribution in [-0.2, 0) is 24.3 Å². The van der Waals surface area contributed by atoms with Crippen molar-refractivity contribution < 1.29 is 9.18 Å². The van der Waals surface area contributed by atoms with E-state index in [2.05, 4.69) is 22.4 Å². The summed E-state index contributed by atoms with van der Waals surface area (Å²) in [4.78, 5) is 15.5. The molecule has 1 aromatic carbocycles. The predicted molar refractivity (Wildman–Crippen MR) is 74.8 cm³/mol. The monoisotopic (exact) mass is 275 g/mol. The van der Waals surface area contributed by atoms with E-state index in [1.807, 2.05) is 29.0 Å². The van der Waals surface area contributed by atoms with Crippen molar-refractivity contribution in [2.45, 2.75) is 25.9 Å². The average molecular weight is 275 g/mol. The summed E-state index contributed by atoms with van der Waals surface area (Å²) >= 11 is 0. The SMILES string of the molecule is O=C(CCF)NCc1nccn1CCc1ccccc1. The molecule has 0 aliphatic heterocycles. The van der Waals surface area contributed by atoms with Crippen LogP contribution < -0.4 is 5.32 Å². The number of aryl methyl sites for hydroxylation is 2. The predicted octanol–water partition coefficient (Wildman–Crippen LogP) is 2.10. The molecule has 0 fully saturated rings. The molecule has 0 saturated heterocycles. The second-order valence-corrected chi connectivity index (χ2v) is 4.49. The largest absolute Gasteiger partial charge is 0.349 e. The van der Waals surface area contributed by atoms with Crippen LogP contribution in [0.1, 0.15) is 17.8 Å². The summed E-state index contributed by atoms with van der Waals surface area (Å²) in [5.74, 6) is 0.498. The summed E-state index contributed by atoms with van der Waals surface area (Å²) in [5, 5.41) is 2.66. The van der Waals surface area contributed by atoms with Crippen molar-refractivity contribution in [3.05, 3.63) is 54.1 Å². The molecule has 1 N–H and O–H groups in total. The number of hydrogen-bond acceptors (Lipinski definition) is 2. The van der Waals surface area contributed by atoms with Gasteiger partial charge in [0, 0.05) is 18.9 Å². The Kier molecular flexibility index (Phi) is 5.29. The molecule has 2 rings (SSSR count). The summed E-state index contributed by atoms with van der Waals surface area (Å²) < 4.78 is 14.0. The van der Waals surface area contributed by atoms with E-state index in [1.54, 1.807) is 6.20 Å². The van der Waals surface area contributed by atoms with Crippen LogP contribution in [-0.4, -0.2) is 22.1 Å². The molecule has 0 atom stereocenters. The number of rotatable bonds is 7. The first kappa shape index (κ1) is 14.2. The molecular formula is C15H18FN3O. The molecular weight excluding hydrogens is 257 g/mol. The first-order valence-corrected chi connectivity index (χ1v) is 6.66. The average Bonchev–Trinajstić information content (AvgIpc) is 2.92. The van der Waals surface area contributed by atoms with Gasteiger partial charge in [0.1, 0.15) is 5.82 Å². The van der Waals surface area contributed by atoms with E-state index in [0.717, 1.165) is 18.8 Å². The number of imidazole rings is 1. The van der Waals surface area contributed by atoms with Gasteiger partial charge in [0.25, 0.3) is 0 Å². The van der Waals surface area contributed by atoms with Gasteiger partial charge in [-0.1, -0.05) is 30.3 Å². The van der Waals surface area contributed by atoms with Crippen LogP contribution in [0.4, 0.5) is 4.39 Å². The van der Waals surface area contributed by atoms with E-state index in [-0.39, 0.29) is 12.3 Å². The van der Waals surface area contributed by atoms with E-state index < -0.39 is 6.67 Å². The topological polar surface area (TPSA) is 46.9 Å². The van der Waals surface area contributed by atoms with Crippen LogP contribution in [0.15, 0.2) is 42.7 Å². The Labute approximate surface area is 117 Å². The third-order valence-electron chi connectivity index (χ3n) is 3.05. The van der Waals surface area contributed by atoms with Gasteiger partial charge in [-0.3, -0.25) is 9.18 Å². The lowest BCUT2D eigenvalue weighted by molar-refractivity contribution is -0.121. The fraction of sp³-hybridized carbons (Fsp3) is 0.333. The number of amides is 1. The fourth-order valence-electron chi connectivity index (χ4n) is 1.96. The summed E-state index contributed by atoms with van der Waals surface area (Å²) in [6.45, 7) is 0.507. The summed E-state index contributed by atoms with van der Waals surface area (Å²) in [5.41, 5.74) is 1.26. The maximum atomic E-state index is 12.0. The number of carbonyl (C=O) groups excluding carboxylic acids is 1. The molecule has 1 amide bonds. The minimum absolute atomic E-state index is 0.0925. The van der Waals surface area contributed by atoms with Crippen LogP contribution >= 0.6 is 0 Å². The number of halogens is 1. The Bertz CT molecular complexity index is 539. The van der Waals surface area contributed by atoms with Gasteiger partial charge in [-0.2, -0.15) is 0 Å². The second-order valence-electron chi connectivity index (χ2n) is 4.49. The fourth-order valence-corrected chi connectivity index (χ4v) is 1.96. The van der Waals surface area contributed by atoms with E-state index >= 15 is 0 Å². The summed E-state index contributed by atoms with van der Waals surface area (Å²) in [6.07, 6.45) is 4.41. The van der Waals surface area contributed by atoms with Gasteiger partial charge in [0.05, 0.1) is 19.6 Å². The molecule has 0 bridgehead atoms. The lowest BCUT2D eigenvalue weighted by atomic mass is 10.1. The van der Waals surface area contributed by atoms with Crippen molar-refractivity contribution in [1.82, 2.24) is 14.9 Å². The van der Waals surface area contributed by atoms with E-state index in [9.17, 15) is 9.18 Å². The van der Waals surface area contributed by atoms with Crippen molar-refractivity contribution in [2.75, 3.05) is 6.67 Å². The number of aromatic nitrogens is 2. The van der Waals surface area contributed by atoms with Gasteiger partial charge in [0.15, 0.2) is 0 Å². The van der Waals surface area contributed by atoms with Gasteiger partial charge in [-0.25, -0.2) is 4.98 Å². The minimum Gasteiger partial charge on any atom is -0.349 e. The van der Waals surface area contributed by atoms with Crippen LogP contribution in [0.25, 0.3) is 0 Å². The minimum atomic E-state index is -0.631. The summed E-state index contributed by atoms with van der Waals surface area (Å²) in [6, 6.07) is 10.2. The number of hydrogen-bond donors (Lipinski definition) is 1. The Morgan fingerprint density at radius 2 is 2.10 bits per heavy atom. The molecule has 1 aromatic heterocycles. The normalized spacial score (nSPS) is 10.4. The first-order valence-electron chi connectivity index (χ1n) is 6.66. The smallest absolute Gasteiger partial charge is 0.223 e. The van der Waals surface area contributed by atoms with Crippen molar-refractivity contribution in [2.24, 2.45) is 0 Å². The Hall–Kier alpha value is -2.17. The number of carbonyl (C=O) groups is 1. The molecule has 0 saturated carbocycles. The third kappa shape index (κ3) is 4.19. The van der Waals surface area contributed by atoms with Gasteiger partial charge >= 0.3 is 0 Å². The van der Waals surface area contributed by atoms with Crippen LogP contribution in [0.5, 0.6) is 0 Å². The zero-order chi connectivity index (χ0) is 14.2. The van der Waals surface area contributed by atoms with Gasteiger partial charge in [0.2, 0.25) is 5.91 Å². The Morgan fingerprint density at radius 1 is 1.30 bits per heavy atom. The van der Waals surface area contributed by atoms with Gasteiger partial charge in [-0.05, 0) is 12.0 Å². The van der Waals surface area contributed by atoms with Crippen LogP contribution in [0, 0.1) is 0 Å². The molecule has 0 unspecified atom stereocenters. The number of alkyl halides is 1. The molecule has 20 heavy (non-hydrogen) atoms.